The van der Waals surface area contributed by atoms with Crippen LogP contribution in [0, 0.1) is 23.2 Å². The molecule has 22 heavy (non-hydrogen) atoms. The Morgan fingerprint density at radius 3 is 2.59 bits per heavy atom. The molecule has 5 unspecified atom stereocenters. The van der Waals surface area contributed by atoms with E-state index in [0.29, 0.717) is 31.8 Å². The first-order valence-electron chi connectivity index (χ1n) is 8.65. The van der Waals surface area contributed by atoms with Crippen LogP contribution in [-0.4, -0.2) is 49.7 Å². The van der Waals surface area contributed by atoms with Crippen LogP contribution in [0.5, 0.6) is 0 Å². The molecule has 0 saturated heterocycles. The van der Waals surface area contributed by atoms with Crippen LogP contribution in [0.25, 0.3) is 0 Å². The van der Waals surface area contributed by atoms with E-state index >= 15 is 0 Å². The van der Waals surface area contributed by atoms with Gasteiger partial charge in [-0.2, -0.15) is 0 Å². The number of hydrogen-bond donors (Lipinski definition) is 1. The highest BCUT2D eigenvalue weighted by molar-refractivity contribution is 5.67. The molecule has 4 rings (SSSR count). The fourth-order valence-corrected chi connectivity index (χ4v) is 6.23. The van der Waals surface area contributed by atoms with Gasteiger partial charge in [-0.1, -0.05) is 0 Å². The summed E-state index contributed by atoms with van der Waals surface area (Å²) in [5.41, 5.74) is 0.710. The number of rotatable bonds is 9. The Balaban J connectivity index is 1.17. The van der Waals surface area contributed by atoms with Crippen molar-refractivity contribution >= 4 is 5.97 Å². The summed E-state index contributed by atoms with van der Waals surface area (Å²) in [4.78, 5) is 10.3. The molecular weight excluding hydrogens is 284 g/mol. The molecule has 124 valence electrons. The number of carbonyl (C=O) groups is 1. The van der Waals surface area contributed by atoms with Gasteiger partial charge in [0.25, 0.3) is 0 Å². The third kappa shape index (κ3) is 2.21. The van der Waals surface area contributed by atoms with Gasteiger partial charge in [-0.05, 0) is 56.3 Å². The van der Waals surface area contributed by atoms with Gasteiger partial charge < -0.3 is 19.3 Å². The van der Waals surface area contributed by atoms with E-state index in [1.807, 2.05) is 0 Å². The van der Waals surface area contributed by atoms with Crippen molar-refractivity contribution in [2.45, 2.75) is 44.1 Å². The average Bonchev–Trinajstić information content (AvgIpc) is 2.78. The number of aliphatic carboxylic acids is 1. The molecule has 5 atom stereocenters. The number of carboxylic acid groups (broad SMARTS) is 1. The quantitative estimate of drug-likeness (QED) is 0.661. The summed E-state index contributed by atoms with van der Waals surface area (Å²) in [5, 5.41) is 8.45. The zero-order chi connectivity index (χ0) is 15.2. The van der Waals surface area contributed by atoms with E-state index in [9.17, 15) is 4.79 Å². The summed E-state index contributed by atoms with van der Waals surface area (Å²) in [6.45, 7) is 1.74. The van der Waals surface area contributed by atoms with Crippen LogP contribution < -0.4 is 0 Å². The minimum Gasteiger partial charge on any atom is -0.480 e. The molecule has 0 radical (unpaired) electrons. The fourth-order valence-electron chi connectivity index (χ4n) is 6.23. The van der Waals surface area contributed by atoms with Gasteiger partial charge in [0.1, 0.15) is 6.61 Å². The van der Waals surface area contributed by atoms with Crippen molar-refractivity contribution < 1.29 is 24.1 Å². The zero-order valence-electron chi connectivity index (χ0n) is 13.1. The topological polar surface area (TPSA) is 65.0 Å². The maximum atomic E-state index is 10.3. The number of ether oxygens (including phenoxy) is 3. The van der Waals surface area contributed by atoms with Gasteiger partial charge in [0.15, 0.2) is 0 Å². The van der Waals surface area contributed by atoms with Gasteiger partial charge in [-0.25, -0.2) is 4.79 Å². The van der Waals surface area contributed by atoms with Gasteiger partial charge in [0, 0.05) is 5.41 Å². The molecule has 0 aromatic heterocycles. The van der Waals surface area contributed by atoms with Crippen molar-refractivity contribution in [2.75, 3.05) is 33.0 Å². The largest absolute Gasteiger partial charge is 0.480 e. The van der Waals surface area contributed by atoms with Gasteiger partial charge >= 0.3 is 5.97 Å². The molecule has 1 N–H and O–H groups in total. The van der Waals surface area contributed by atoms with Crippen molar-refractivity contribution in [3.8, 4) is 0 Å². The third-order valence-electron chi connectivity index (χ3n) is 6.68. The second-order valence-corrected chi connectivity index (χ2v) is 7.77. The van der Waals surface area contributed by atoms with Crippen LogP contribution in [0.4, 0.5) is 0 Å². The Labute approximate surface area is 131 Å². The van der Waals surface area contributed by atoms with E-state index in [4.69, 9.17) is 19.3 Å². The summed E-state index contributed by atoms with van der Waals surface area (Å²) in [7, 11) is 0. The minimum absolute atomic E-state index is 0.177. The zero-order valence-corrected chi connectivity index (χ0v) is 13.1. The molecule has 4 fully saturated rings. The second kappa shape index (κ2) is 5.46. The Kier molecular flexibility index (Phi) is 3.70. The summed E-state index contributed by atoms with van der Waals surface area (Å²) < 4.78 is 16.8. The van der Waals surface area contributed by atoms with Crippen molar-refractivity contribution in [3.05, 3.63) is 0 Å². The highest BCUT2D eigenvalue weighted by Crippen LogP contribution is 2.78. The highest BCUT2D eigenvalue weighted by Gasteiger charge is 2.75. The van der Waals surface area contributed by atoms with Gasteiger partial charge in [-0.3, -0.25) is 0 Å². The molecular formula is C17H26O5. The standard InChI is InChI=1S/C17H26O5/c18-15(19)11-21-2-1-20-3-4-22-17-9-13-5-12-6-14(10-17)16(17,7-12)8-13/h12-14H,1-11H2,(H,18,19). The summed E-state index contributed by atoms with van der Waals surface area (Å²) in [5.74, 6) is 1.90. The van der Waals surface area contributed by atoms with E-state index in [-0.39, 0.29) is 12.2 Å². The summed E-state index contributed by atoms with van der Waals surface area (Å²) in [6, 6.07) is 0. The Bertz CT molecular complexity index is 446. The lowest BCUT2D eigenvalue weighted by Crippen LogP contribution is -2.59. The molecule has 5 heteroatoms. The minimum atomic E-state index is -0.941. The molecule has 5 nitrogen and oxygen atoms in total. The Hall–Kier alpha value is -0.650. The van der Waals surface area contributed by atoms with Crippen molar-refractivity contribution in [2.24, 2.45) is 23.2 Å². The molecule has 3 bridgehead atoms. The average molecular weight is 310 g/mol. The van der Waals surface area contributed by atoms with Crippen LogP contribution in [0.3, 0.4) is 0 Å². The molecule has 0 heterocycles. The number of carboxylic acids is 1. The highest BCUT2D eigenvalue weighted by atomic mass is 16.6. The number of hydrogen-bond acceptors (Lipinski definition) is 4. The van der Waals surface area contributed by atoms with E-state index in [2.05, 4.69) is 0 Å². The van der Waals surface area contributed by atoms with Crippen LogP contribution in [-0.2, 0) is 19.0 Å². The maximum Gasteiger partial charge on any atom is 0.329 e. The van der Waals surface area contributed by atoms with Crippen LogP contribution in [0.1, 0.15) is 38.5 Å². The predicted molar refractivity (Wildman–Crippen MR) is 78.6 cm³/mol. The smallest absolute Gasteiger partial charge is 0.329 e. The van der Waals surface area contributed by atoms with Crippen LogP contribution in [0.2, 0.25) is 0 Å². The van der Waals surface area contributed by atoms with Crippen molar-refractivity contribution in [3.63, 3.8) is 0 Å². The summed E-state index contributed by atoms with van der Waals surface area (Å²) in [6.07, 6.45) is 8.29. The van der Waals surface area contributed by atoms with Gasteiger partial charge in [-0.15, -0.1) is 0 Å². The van der Waals surface area contributed by atoms with Crippen LogP contribution in [0.15, 0.2) is 0 Å². The normalized spacial score (nSPS) is 44.1. The lowest BCUT2D eigenvalue weighted by molar-refractivity contribution is -0.217. The second-order valence-electron chi connectivity index (χ2n) is 7.77. The Morgan fingerprint density at radius 1 is 0.955 bits per heavy atom. The maximum absolute atomic E-state index is 10.3. The van der Waals surface area contributed by atoms with E-state index < -0.39 is 5.97 Å². The molecule has 0 aromatic rings. The summed E-state index contributed by atoms with van der Waals surface area (Å²) >= 11 is 0. The Morgan fingerprint density at radius 2 is 1.73 bits per heavy atom. The van der Waals surface area contributed by atoms with E-state index in [0.717, 1.165) is 17.8 Å². The molecule has 4 aliphatic carbocycles. The molecule has 4 aliphatic rings. The van der Waals surface area contributed by atoms with Gasteiger partial charge in [0.05, 0.1) is 32.0 Å². The van der Waals surface area contributed by atoms with E-state index in [1.54, 1.807) is 0 Å². The van der Waals surface area contributed by atoms with Crippen molar-refractivity contribution in [1.82, 2.24) is 0 Å². The van der Waals surface area contributed by atoms with Crippen molar-refractivity contribution in [1.29, 1.82) is 0 Å². The number of fused-ring (bicyclic) bond motifs is 2. The molecule has 0 aliphatic heterocycles. The monoisotopic (exact) mass is 310 g/mol. The fraction of sp³-hybridized carbons (Fsp3) is 0.941. The van der Waals surface area contributed by atoms with Crippen LogP contribution >= 0.6 is 0 Å². The predicted octanol–water partition coefficient (Wildman–Crippen LogP) is 2.09. The molecule has 4 saturated carbocycles. The van der Waals surface area contributed by atoms with Gasteiger partial charge in [0.2, 0.25) is 0 Å². The first-order chi connectivity index (χ1) is 10.6. The molecule has 0 amide bonds. The lowest BCUT2D eigenvalue weighted by Gasteiger charge is -2.58. The lowest BCUT2D eigenvalue weighted by atomic mass is 9.52. The third-order valence-corrected chi connectivity index (χ3v) is 6.68. The first-order valence-corrected chi connectivity index (χ1v) is 8.65. The first kappa shape index (κ1) is 14.9. The SMILES string of the molecule is O=C(O)COCCOCCOC12CC3CC4CC(C1)C2(C4)C3. The van der Waals surface area contributed by atoms with E-state index in [1.165, 1.54) is 38.5 Å². The molecule has 1 spiro atoms. The molecule has 0 aromatic carbocycles.